The number of nitrogens with two attached hydrogens (primary N) is 1. The average Bonchev–Trinajstić information content (AvgIpc) is 2.53. The highest BCUT2D eigenvalue weighted by Gasteiger charge is 2.14. The molecule has 1 amide bonds. The lowest BCUT2D eigenvalue weighted by atomic mass is 10.2. The first-order valence-corrected chi connectivity index (χ1v) is 6.99. The minimum atomic E-state index is -0.671. The second-order valence-electron chi connectivity index (χ2n) is 4.84. The van der Waals surface area contributed by atoms with Gasteiger partial charge in [0.25, 0.3) is 5.56 Å². The zero-order valence-corrected chi connectivity index (χ0v) is 13.3. The van der Waals surface area contributed by atoms with Gasteiger partial charge in [0.2, 0.25) is 5.91 Å². The van der Waals surface area contributed by atoms with Gasteiger partial charge in [0.1, 0.15) is 11.5 Å². The fourth-order valence-electron chi connectivity index (χ4n) is 1.92. The van der Waals surface area contributed by atoms with Crippen LogP contribution in [-0.2, 0) is 18.9 Å². The summed E-state index contributed by atoms with van der Waals surface area (Å²) in [5.41, 5.74) is 5.07. The van der Waals surface area contributed by atoms with Crippen molar-refractivity contribution in [1.82, 2.24) is 9.13 Å². The Morgan fingerprint density at radius 2 is 1.96 bits per heavy atom. The first-order chi connectivity index (χ1) is 10.8. The van der Waals surface area contributed by atoms with E-state index in [0.717, 1.165) is 14.7 Å². The zero-order valence-electron chi connectivity index (χ0n) is 12.5. The molecule has 0 aliphatic rings. The Hall–Kier alpha value is -2.80. The van der Waals surface area contributed by atoms with E-state index in [1.165, 1.54) is 20.2 Å². The highest BCUT2D eigenvalue weighted by molar-refractivity contribution is 6.30. The van der Waals surface area contributed by atoms with Crippen molar-refractivity contribution < 1.29 is 4.79 Å². The topological polar surface area (TPSA) is 99.1 Å². The summed E-state index contributed by atoms with van der Waals surface area (Å²) in [4.78, 5) is 35.7. The van der Waals surface area contributed by atoms with Gasteiger partial charge in [-0.25, -0.2) is 4.79 Å². The molecule has 23 heavy (non-hydrogen) atoms. The van der Waals surface area contributed by atoms with Crippen LogP contribution in [0.1, 0.15) is 5.56 Å². The lowest BCUT2D eigenvalue weighted by Gasteiger charge is -2.11. The Labute approximate surface area is 136 Å². The summed E-state index contributed by atoms with van der Waals surface area (Å²) >= 11 is 5.85. The Balaban J connectivity index is 2.28. The van der Waals surface area contributed by atoms with E-state index in [0.29, 0.717) is 5.02 Å². The van der Waals surface area contributed by atoms with Gasteiger partial charge in [-0.1, -0.05) is 23.7 Å². The molecule has 0 saturated carbocycles. The van der Waals surface area contributed by atoms with Gasteiger partial charge in [-0.2, -0.15) is 0 Å². The third-order valence-electron chi connectivity index (χ3n) is 3.23. The number of amides is 1. The number of nitrogen functional groups attached to an aromatic ring is 1. The van der Waals surface area contributed by atoms with Crippen LogP contribution < -0.4 is 22.3 Å². The number of aromatic nitrogens is 2. The molecule has 8 heteroatoms. The normalized spacial score (nSPS) is 10.9. The van der Waals surface area contributed by atoms with Crippen LogP contribution in [-0.4, -0.2) is 15.0 Å². The van der Waals surface area contributed by atoms with Crippen molar-refractivity contribution in [2.24, 2.45) is 14.1 Å². The molecule has 7 nitrogen and oxygen atoms in total. The maximum atomic E-state index is 12.0. The molecule has 1 heterocycles. The van der Waals surface area contributed by atoms with Crippen molar-refractivity contribution in [2.75, 3.05) is 11.1 Å². The summed E-state index contributed by atoms with van der Waals surface area (Å²) in [6.45, 7) is 0. The fourth-order valence-corrected chi connectivity index (χ4v) is 2.12. The van der Waals surface area contributed by atoms with Crippen LogP contribution in [0.5, 0.6) is 0 Å². The molecule has 0 spiro atoms. The lowest BCUT2D eigenvalue weighted by Crippen LogP contribution is -2.40. The van der Waals surface area contributed by atoms with Crippen molar-refractivity contribution in [2.45, 2.75) is 0 Å². The molecule has 0 radical (unpaired) electrons. The van der Waals surface area contributed by atoms with Crippen LogP contribution in [0.3, 0.4) is 0 Å². The summed E-state index contributed by atoms with van der Waals surface area (Å²) in [5, 5.41) is 2.94. The molecule has 0 unspecified atom stereocenters. The molecule has 3 N–H and O–H groups in total. The van der Waals surface area contributed by atoms with Gasteiger partial charge in [-0.05, 0) is 23.8 Å². The van der Waals surface area contributed by atoms with Gasteiger partial charge in [-0.3, -0.25) is 18.7 Å². The first kappa shape index (κ1) is 16.6. The molecule has 2 aromatic rings. The standard InChI is InChI=1S/C15H15ClN4O3/c1-19-13(17)12(14(22)20(2)15(19)23)18-11(21)7-6-9-4-3-5-10(16)8-9/h3-8H,17H2,1-2H3,(H,18,21)/b7-6+. The van der Waals surface area contributed by atoms with E-state index < -0.39 is 17.2 Å². The van der Waals surface area contributed by atoms with Gasteiger partial charge in [-0.15, -0.1) is 0 Å². The largest absolute Gasteiger partial charge is 0.383 e. The van der Waals surface area contributed by atoms with E-state index >= 15 is 0 Å². The number of nitrogens with one attached hydrogen (secondary N) is 1. The van der Waals surface area contributed by atoms with E-state index in [1.807, 2.05) is 0 Å². The quantitative estimate of drug-likeness (QED) is 0.817. The summed E-state index contributed by atoms with van der Waals surface area (Å²) < 4.78 is 1.95. The first-order valence-electron chi connectivity index (χ1n) is 6.61. The summed E-state index contributed by atoms with van der Waals surface area (Å²) in [6.07, 6.45) is 2.79. The molecule has 0 fully saturated rings. The molecule has 0 saturated heterocycles. The van der Waals surface area contributed by atoms with Gasteiger partial charge < -0.3 is 11.1 Å². The van der Waals surface area contributed by atoms with Crippen LogP contribution in [0.15, 0.2) is 39.9 Å². The number of carbonyl (C=O) groups excluding carboxylic acids is 1. The molecule has 0 aliphatic heterocycles. The second kappa shape index (κ2) is 6.53. The molecule has 0 atom stereocenters. The predicted molar refractivity (Wildman–Crippen MR) is 90.5 cm³/mol. The van der Waals surface area contributed by atoms with Gasteiger partial charge >= 0.3 is 5.69 Å². The smallest absolute Gasteiger partial charge is 0.332 e. The van der Waals surface area contributed by atoms with E-state index in [9.17, 15) is 14.4 Å². The Morgan fingerprint density at radius 1 is 1.26 bits per heavy atom. The van der Waals surface area contributed by atoms with E-state index in [-0.39, 0.29) is 11.5 Å². The molecule has 120 valence electrons. The third kappa shape index (κ3) is 3.51. The molecule has 0 aliphatic carbocycles. The van der Waals surface area contributed by atoms with Crippen molar-refractivity contribution in [3.63, 3.8) is 0 Å². The number of nitrogens with zero attached hydrogens (tertiary/aromatic N) is 2. The van der Waals surface area contributed by atoms with Crippen molar-refractivity contribution in [3.05, 3.63) is 61.8 Å². The minimum absolute atomic E-state index is 0.109. The predicted octanol–water partition coefficient (Wildman–Crippen LogP) is 0.972. The average molecular weight is 335 g/mol. The fraction of sp³-hybridized carbons (Fsp3) is 0.133. The molecule has 1 aromatic heterocycles. The van der Waals surface area contributed by atoms with Crippen LogP contribution in [0.4, 0.5) is 11.5 Å². The summed E-state index contributed by atoms with van der Waals surface area (Å²) in [7, 11) is 2.72. The number of benzene rings is 1. The van der Waals surface area contributed by atoms with Crippen LogP contribution in [0.2, 0.25) is 5.02 Å². The molecule has 2 rings (SSSR count). The maximum Gasteiger partial charge on any atom is 0.332 e. The van der Waals surface area contributed by atoms with E-state index in [1.54, 1.807) is 30.3 Å². The van der Waals surface area contributed by atoms with Crippen LogP contribution >= 0.6 is 11.6 Å². The summed E-state index contributed by atoms with van der Waals surface area (Å²) in [5.74, 6) is -0.657. The molecular formula is C15H15ClN4O3. The van der Waals surface area contributed by atoms with Crippen molar-refractivity contribution >= 4 is 35.1 Å². The third-order valence-corrected chi connectivity index (χ3v) is 3.47. The summed E-state index contributed by atoms with van der Waals surface area (Å²) in [6, 6.07) is 6.93. The lowest BCUT2D eigenvalue weighted by molar-refractivity contribution is -0.111. The van der Waals surface area contributed by atoms with Crippen molar-refractivity contribution in [1.29, 1.82) is 0 Å². The molecule has 1 aromatic carbocycles. The molecular weight excluding hydrogens is 320 g/mol. The van der Waals surface area contributed by atoms with Crippen LogP contribution in [0.25, 0.3) is 6.08 Å². The van der Waals surface area contributed by atoms with E-state index in [2.05, 4.69) is 5.32 Å². The van der Waals surface area contributed by atoms with Gasteiger partial charge in [0, 0.05) is 25.2 Å². The Morgan fingerprint density at radius 3 is 2.61 bits per heavy atom. The van der Waals surface area contributed by atoms with Gasteiger partial charge in [0.05, 0.1) is 0 Å². The highest BCUT2D eigenvalue weighted by Crippen LogP contribution is 2.12. The highest BCUT2D eigenvalue weighted by atomic mass is 35.5. The monoisotopic (exact) mass is 334 g/mol. The van der Waals surface area contributed by atoms with E-state index in [4.69, 9.17) is 17.3 Å². The number of carbonyl (C=O) groups is 1. The number of hydrogen-bond acceptors (Lipinski definition) is 4. The second-order valence-corrected chi connectivity index (χ2v) is 5.28. The Kier molecular flexibility index (Phi) is 4.71. The number of rotatable bonds is 3. The Bertz CT molecular complexity index is 912. The van der Waals surface area contributed by atoms with Crippen LogP contribution in [0, 0.1) is 0 Å². The van der Waals surface area contributed by atoms with Crippen molar-refractivity contribution in [3.8, 4) is 0 Å². The number of halogens is 1. The zero-order chi connectivity index (χ0) is 17.1. The minimum Gasteiger partial charge on any atom is -0.383 e. The SMILES string of the molecule is Cn1c(N)c(NC(=O)/C=C/c2cccc(Cl)c2)c(=O)n(C)c1=O. The number of hydrogen-bond donors (Lipinski definition) is 2. The number of anilines is 2. The van der Waals surface area contributed by atoms with Gasteiger partial charge in [0.15, 0.2) is 0 Å². The molecule has 0 bridgehead atoms. The maximum absolute atomic E-state index is 12.0.